The number of phenolic OH excluding ortho intramolecular Hbond substituents is 1. The average Bonchev–Trinajstić information content (AvgIpc) is 2.55. The molecule has 0 spiro atoms. The van der Waals surface area contributed by atoms with Gasteiger partial charge in [-0.2, -0.15) is 0 Å². The summed E-state index contributed by atoms with van der Waals surface area (Å²) in [6.07, 6.45) is 3.53. The number of aromatic hydroxyl groups is 1. The van der Waals surface area contributed by atoms with Gasteiger partial charge in [-0.25, -0.2) is 0 Å². The van der Waals surface area contributed by atoms with E-state index in [0.717, 1.165) is 25.4 Å². The third-order valence-corrected chi connectivity index (χ3v) is 6.02. The molecular formula is C18H14I4O3. The van der Waals surface area contributed by atoms with E-state index in [-0.39, 0.29) is 5.97 Å². The van der Waals surface area contributed by atoms with Gasteiger partial charge in [-0.1, -0.05) is 25.3 Å². The lowest BCUT2D eigenvalue weighted by molar-refractivity contribution is -0.132. The fraction of sp³-hybridized carbons (Fsp3) is 0.0556. The van der Waals surface area contributed by atoms with Crippen LogP contribution in [0, 0.1) is 14.3 Å². The van der Waals surface area contributed by atoms with E-state index in [9.17, 15) is 9.90 Å². The predicted octanol–water partition coefficient (Wildman–Crippen LogP) is 6.71. The zero-order valence-corrected chi connectivity index (χ0v) is 21.8. The van der Waals surface area contributed by atoms with Gasteiger partial charge in [0.05, 0.1) is 14.3 Å². The first-order valence-electron chi connectivity index (χ1n) is 6.80. The van der Waals surface area contributed by atoms with Crippen molar-refractivity contribution in [3.63, 3.8) is 0 Å². The van der Waals surface area contributed by atoms with Crippen LogP contribution in [0.1, 0.15) is 18.1 Å². The van der Waals surface area contributed by atoms with Gasteiger partial charge < -0.3 is 9.84 Å². The van der Waals surface area contributed by atoms with Gasteiger partial charge in [-0.05, 0) is 126 Å². The number of halogens is 4. The van der Waals surface area contributed by atoms with Crippen molar-refractivity contribution in [2.75, 3.05) is 0 Å². The Morgan fingerprint density at radius 3 is 1.60 bits per heavy atom. The van der Waals surface area contributed by atoms with Gasteiger partial charge in [0.1, 0.15) is 5.75 Å². The maximum atomic E-state index is 10.8. The highest BCUT2D eigenvalue weighted by atomic mass is 127. The molecule has 0 atom stereocenters. The van der Waals surface area contributed by atoms with E-state index in [1.165, 1.54) is 6.92 Å². The first kappa shape index (κ1) is 23.1. The lowest BCUT2D eigenvalue weighted by atomic mass is 10.2. The summed E-state index contributed by atoms with van der Waals surface area (Å²) in [5, 5.41) is 9.38. The molecule has 0 heterocycles. The molecule has 0 radical (unpaired) electrons. The van der Waals surface area contributed by atoms with Crippen molar-refractivity contribution in [3.8, 4) is 11.5 Å². The molecule has 0 fully saturated rings. The van der Waals surface area contributed by atoms with Crippen LogP contribution in [0.5, 0.6) is 11.5 Å². The lowest BCUT2D eigenvalue weighted by Gasteiger charge is -2.07. The molecule has 0 saturated heterocycles. The third kappa shape index (κ3) is 7.33. The molecule has 2 rings (SSSR count). The van der Waals surface area contributed by atoms with E-state index in [0.29, 0.717) is 11.5 Å². The number of carbonyl (C=O) groups excluding carboxylic acids is 1. The minimum Gasteiger partial charge on any atom is -0.506 e. The Morgan fingerprint density at radius 2 is 1.28 bits per heavy atom. The van der Waals surface area contributed by atoms with Gasteiger partial charge in [-0.15, -0.1) is 0 Å². The summed E-state index contributed by atoms with van der Waals surface area (Å²) in [6, 6.07) is 7.64. The predicted molar refractivity (Wildman–Crippen MR) is 137 cm³/mol. The van der Waals surface area contributed by atoms with Gasteiger partial charge in [0.2, 0.25) is 0 Å². The highest BCUT2D eigenvalue weighted by Gasteiger charge is 2.09. The molecule has 0 saturated carbocycles. The summed E-state index contributed by atoms with van der Waals surface area (Å²) >= 11 is 8.47. The second-order valence-corrected chi connectivity index (χ2v) is 9.30. The van der Waals surface area contributed by atoms with Crippen LogP contribution >= 0.6 is 90.4 Å². The van der Waals surface area contributed by atoms with Crippen LogP contribution in [-0.4, -0.2) is 11.1 Å². The number of ether oxygens (including phenoxy) is 1. The van der Waals surface area contributed by atoms with Gasteiger partial charge in [0.15, 0.2) is 5.75 Å². The van der Waals surface area contributed by atoms with Gasteiger partial charge in [0, 0.05) is 6.92 Å². The first-order valence-corrected chi connectivity index (χ1v) is 11.1. The number of rotatable bonds is 3. The molecule has 3 nitrogen and oxygen atoms in total. The fourth-order valence-corrected chi connectivity index (χ4v) is 5.49. The van der Waals surface area contributed by atoms with Crippen molar-refractivity contribution in [3.05, 3.63) is 62.8 Å². The van der Waals surface area contributed by atoms with E-state index in [4.69, 9.17) is 4.74 Å². The number of phenols is 1. The van der Waals surface area contributed by atoms with E-state index < -0.39 is 0 Å². The number of hydrogen-bond acceptors (Lipinski definition) is 3. The zero-order chi connectivity index (χ0) is 19.1. The van der Waals surface area contributed by atoms with E-state index in [1.54, 1.807) is 12.2 Å². The lowest BCUT2D eigenvalue weighted by Crippen LogP contribution is -2.04. The molecule has 2 aromatic rings. The van der Waals surface area contributed by atoms with Gasteiger partial charge in [-0.3, -0.25) is 4.79 Å². The Labute approximate surface area is 201 Å². The van der Waals surface area contributed by atoms with Crippen LogP contribution in [0.3, 0.4) is 0 Å². The molecule has 0 aromatic heterocycles. The van der Waals surface area contributed by atoms with Crippen molar-refractivity contribution >= 4 is 108 Å². The third-order valence-electron chi connectivity index (χ3n) is 2.78. The summed E-state index contributed by atoms with van der Waals surface area (Å²) < 4.78 is 8.65. The Morgan fingerprint density at radius 1 is 0.920 bits per heavy atom. The molecule has 132 valence electrons. The van der Waals surface area contributed by atoms with Gasteiger partial charge >= 0.3 is 5.97 Å². The minimum atomic E-state index is -0.299. The first-order chi connectivity index (χ1) is 11.7. The van der Waals surface area contributed by atoms with Crippen LogP contribution in [0.25, 0.3) is 12.2 Å². The van der Waals surface area contributed by atoms with Crippen molar-refractivity contribution < 1.29 is 14.6 Å². The Bertz CT molecular complexity index is 770. The molecular weight excluding hydrogens is 772 g/mol. The topological polar surface area (TPSA) is 46.5 Å². The second-order valence-electron chi connectivity index (χ2n) is 4.65. The Kier molecular flexibility index (Phi) is 10.2. The van der Waals surface area contributed by atoms with Crippen LogP contribution in [0.4, 0.5) is 0 Å². The minimum absolute atomic E-state index is 0.299. The summed E-state index contributed by atoms with van der Waals surface area (Å²) in [4.78, 5) is 10.8. The van der Waals surface area contributed by atoms with Crippen molar-refractivity contribution in [1.82, 2.24) is 0 Å². The Hall–Kier alpha value is 0.110. The van der Waals surface area contributed by atoms with Crippen LogP contribution in [0.15, 0.2) is 37.4 Å². The normalized spacial score (nSPS) is 9.64. The molecule has 2 aromatic carbocycles. The standard InChI is InChI=1S/C10H8I2O2.C8H6I2O/c1-3-7-4-8(11)10(9(12)5-7)14-6(2)13;1-2-5-3-6(9)8(11)7(10)4-5/h3-5H,1H2,2H3;2-4,11H,1H2. The maximum absolute atomic E-state index is 10.8. The number of carbonyl (C=O) groups is 1. The highest BCUT2D eigenvalue weighted by Crippen LogP contribution is 2.29. The van der Waals surface area contributed by atoms with Crippen LogP contribution in [0.2, 0.25) is 0 Å². The molecule has 0 amide bonds. The summed E-state index contributed by atoms with van der Waals surface area (Å²) in [6.45, 7) is 8.74. The molecule has 1 N–H and O–H groups in total. The molecule has 7 heteroatoms. The maximum Gasteiger partial charge on any atom is 0.308 e. The van der Waals surface area contributed by atoms with Crippen molar-refractivity contribution in [1.29, 1.82) is 0 Å². The second kappa shape index (κ2) is 11.1. The molecule has 0 aliphatic heterocycles. The molecule has 0 aliphatic carbocycles. The molecule has 0 bridgehead atoms. The average molecular weight is 786 g/mol. The van der Waals surface area contributed by atoms with Crippen molar-refractivity contribution in [2.45, 2.75) is 6.92 Å². The molecule has 0 aliphatic rings. The smallest absolute Gasteiger partial charge is 0.308 e. The molecule has 0 unspecified atom stereocenters. The van der Waals surface area contributed by atoms with E-state index in [1.807, 2.05) is 24.3 Å². The molecule has 25 heavy (non-hydrogen) atoms. The SMILES string of the molecule is C=Cc1cc(I)c(O)c(I)c1.C=Cc1cc(I)c(OC(C)=O)c(I)c1. The van der Waals surface area contributed by atoms with E-state index in [2.05, 4.69) is 104 Å². The summed E-state index contributed by atoms with van der Waals surface area (Å²) in [5.74, 6) is 0.688. The zero-order valence-electron chi connectivity index (χ0n) is 13.2. The van der Waals surface area contributed by atoms with Crippen LogP contribution in [-0.2, 0) is 4.79 Å². The van der Waals surface area contributed by atoms with Crippen molar-refractivity contribution in [2.24, 2.45) is 0 Å². The number of benzene rings is 2. The largest absolute Gasteiger partial charge is 0.506 e. The van der Waals surface area contributed by atoms with Gasteiger partial charge in [0.25, 0.3) is 0 Å². The quantitative estimate of drug-likeness (QED) is 0.214. The highest BCUT2D eigenvalue weighted by molar-refractivity contribution is 14.1. The summed E-state index contributed by atoms with van der Waals surface area (Å²) in [7, 11) is 0. The monoisotopic (exact) mass is 786 g/mol. The Balaban J connectivity index is 0.000000257. The number of esters is 1. The fourth-order valence-electron chi connectivity index (χ4n) is 1.64. The van der Waals surface area contributed by atoms with Crippen LogP contribution < -0.4 is 4.74 Å². The summed E-state index contributed by atoms with van der Waals surface area (Å²) in [5.41, 5.74) is 2.06. The number of hydrogen-bond donors (Lipinski definition) is 1. The van der Waals surface area contributed by atoms with E-state index >= 15 is 0 Å².